The summed E-state index contributed by atoms with van der Waals surface area (Å²) in [5.41, 5.74) is 0.0101. The average molecular weight is 256 g/mol. The summed E-state index contributed by atoms with van der Waals surface area (Å²) >= 11 is 0. The Labute approximate surface area is 106 Å². The number of aromatic nitrogens is 2. The van der Waals surface area contributed by atoms with Crippen LogP contribution in [0, 0.1) is 10.1 Å². The smallest absolute Gasteiger partial charge is 0.330 e. The molecule has 1 N–H and O–H groups in total. The van der Waals surface area contributed by atoms with Crippen LogP contribution in [0.25, 0.3) is 0 Å². The Kier molecular flexibility index (Phi) is 5.57. The van der Waals surface area contributed by atoms with Gasteiger partial charge in [-0.1, -0.05) is 0 Å². The van der Waals surface area contributed by atoms with E-state index in [9.17, 15) is 10.1 Å². The van der Waals surface area contributed by atoms with E-state index in [2.05, 4.69) is 10.4 Å². The molecule has 1 rings (SSSR count). The summed E-state index contributed by atoms with van der Waals surface area (Å²) in [6.07, 6.45) is 3.45. The van der Waals surface area contributed by atoms with Gasteiger partial charge in [0.2, 0.25) is 5.82 Å². The molecular weight excluding hydrogens is 236 g/mol. The molecule has 1 aromatic rings. The minimum absolute atomic E-state index is 0.0101. The zero-order chi connectivity index (χ0) is 13.5. The van der Waals surface area contributed by atoms with Gasteiger partial charge >= 0.3 is 5.69 Å². The zero-order valence-corrected chi connectivity index (χ0v) is 11.0. The van der Waals surface area contributed by atoms with Crippen molar-refractivity contribution in [2.24, 2.45) is 7.05 Å². The molecule has 0 unspecified atom stereocenters. The number of rotatable bonds is 8. The van der Waals surface area contributed by atoms with Gasteiger partial charge in [-0.05, 0) is 26.7 Å². The van der Waals surface area contributed by atoms with Crippen molar-refractivity contribution in [3.05, 3.63) is 16.3 Å². The Hall–Kier alpha value is -1.63. The lowest BCUT2D eigenvalue weighted by atomic mass is 10.3. The highest BCUT2D eigenvalue weighted by Crippen LogP contribution is 2.21. The Morgan fingerprint density at radius 1 is 1.56 bits per heavy atom. The van der Waals surface area contributed by atoms with Gasteiger partial charge in [-0.3, -0.25) is 14.8 Å². The SMILES string of the molecule is CC(C)OCCCCNc1nn(C)cc1[N+](=O)[O-]. The standard InChI is InChI=1S/C11H20N4O3/c1-9(2)18-7-5-4-6-12-11-10(15(16)17)8-14(3)13-11/h8-9H,4-7H2,1-3H3,(H,12,13). The number of ether oxygens (including phenoxy) is 1. The lowest BCUT2D eigenvalue weighted by molar-refractivity contribution is -0.384. The van der Waals surface area contributed by atoms with Crippen LogP contribution >= 0.6 is 0 Å². The fourth-order valence-electron chi connectivity index (χ4n) is 1.49. The topological polar surface area (TPSA) is 82.2 Å². The molecule has 0 aliphatic rings. The first-order valence-corrected chi connectivity index (χ1v) is 6.04. The van der Waals surface area contributed by atoms with Gasteiger partial charge in [0.1, 0.15) is 6.20 Å². The van der Waals surface area contributed by atoms with Gasteiger partial charge in [0.05, 0.1) is 11.0 Å². The Morgan fingerprint density at radius 3 is 2.89 bits per heavy atom. The van der Waals surface area contributed by atoms with Crippen molar-refractivity contribution >= 4 is 11.5 Å². The molecular formula is C11H20N4O3. The van der Waals surface area contributed by atoms with Crippen LogP contribution in [0.1, 0.15) is 26.7 Å². The molecule has 0 radical (unpaired) electrons. The van der Waals surface area contributed by atoms with Gasteiger partial charge in [-0.25, -0.2) is 0 Å². The van der Waals surface area contributed by atoms with Crippen LogP contribution in [-0.2, 0) is 11.8 Å². The Morgan fingerprint density at radius 2 is 2.28 bits per heavy atom. The minimum Gasteiger partial charge on any atom is -0.379 e. The van der Waals surface area contributed by atoms with Crippen LogP contribution in [0.15, 0.2) is 6.20 Å². The summed E-state index contributed by atoms with van der Waals surface area (Å²) in [6.45, 7) is 5.36. The molecule has 0 fully saturated rings. The lowest BCUT2D eigenvalue weighted by Gasteiger charge is -2.07. The highest BCUT2D eigenvalue weighted by molar-refractivity contribution is 5.54. The molecule has 102 valence electrons. The van der Waals surface area contributed by atoms with Crippen molar-refractivity contribution < 1.29 is 9.66 Å². The second-order valence-corrected chi connectivity index (χ2v) is 4.35. The van der Waals surface area contributed by atoms with E-state index in [1.165, 1.54) is 10.9 Å². The van der Waals surface area contributed by atoms with Gasteiger partial charge in [-0.15, -0.1) is 5.10 Å². The van der Waals surface area contributed by atoms with Crippen molar-refractivity contribution in [2.75, 3.05) is 18.5 Å². The maximum atomic E-state index is 10.7. The van der Waals surface area contributed by atoms with Crippen molar-refractivity contribution in [1.82, 2.24) is 9.78 Å². The molecule has 0 atom stereocenters. The van der Waals surface area contributed by atoms with E-state index in [-0.39, 0.29) is 11.8 Å². The number of hydrogen-bond acceptors (Lipinski definition) is 5. The van der Waals surface area contributed by atoms with E-state index in [0.29, 0.717) is 19.0 Å². The molecule has 0 spiro atoms. The van der Waals surface area contributed by atoms with Crippen molar-refractivity contribution in [3.8, 4) is 0 Å². The lowest BCUT2D eigenvalue weighted by Crippen LogP contribution is -2.08. The van der Waals surface area contributed by atoms with Crippen LogP contribution < -0.4 is 5.32 Å². The van der Waals surface area contributed by atoms with Gasteiger partial charge in [-0.2, -0.15) is 0 Å². The van der Waals surface area contributed by atoms with Crippen LogP contribution in [0.5, 0.6) is 0 Å². The van der Waals surface area contributed by atoms with Crippen LogP contribution in [-0.4, -0.2) is 34.0 Å². The van der Waals surface area contributed by atoms with Gasteiger partial charge in [0.15, 0.2) is 0 Å². The quantitative estimate of drug-likeness (QED) is 0.436. The molecule has 0 aliphatic carbocycles. The fraction of sp³-hybridized carbons (Fsp3) is 0.727. The first kappa shape index (κ1) is 14.4. The molecule has 0 aliphatic heterocycles. The molecule has 0 saturated carbocycles. The summed E-state index contributed by atoms with van der Waals surface area (Å²) in [5.74, 6) is 0.326. The van der Waals surface area contributed by atoms with Crippen molar-refractivity contribution in [3.63, 3.8) is 0 Å². The summed E-state index contributed by atoms with van der Waals surface area (Å²) < 4.78 is 6.84. The molecule has 1 aromatic heterocycles. The largest absolute Gasteiger partial charge is 0.379 e. The van der Waals surface area contributed by atoms with Crippen LogP contribution in [0.2, 0.25) is 0 Å². The molecule has 1 heterocycles. The fourth-order valence-corrected chi connectivity index (χ4v) is 1.49. The highest BCUT2D eigenvalue weighted by Gasteiger charge is 2.17. The Balaban J connectivity index is 2.29. The van der Waals surface area contributed by atoms with Gasteiger partial charge in [0, 0.05) is 20.2 Å². The normalized spacial score (nSPS) is 10.9. The summed E-state index contributed by atoms with van der Waals surface area (Å²) in [6, 6.07) is 0. The number of aryl methyl sites for hydroxylation is 1. The Bertz CT molecular complexity index is 390. The predicted molar refractivity (Wildman–Crippen MR) is 68.7 cm³/mol. The number of nitrogens with zero attached hydrogens (tertiary/aromatic N) is 3. The molecule has 0 bridgehead atoms. The molecule has 7 heteroatoms. The highest BCUT2D eigenvalue weighted by atomic mass is 16.6. The first-order valence-electron chi connectivity index (χ1n) is 6.04. The molecule has 18 heavy (non-hydrogen) atoms. The third kappa shape index (κ3) is 4.70. The second-order valence-electron chi connectivity index (χ2n) is 4.35. The first-order chi connectivity index (χ1) is 8.50. The van der Waals surface area contributed by atoms with Gasteiger partial charge < -0.3 is 10.1 Å². The number of hydrogen-bond donors (Lipinski definition) is 1. The monoisotopic (exact) mass is 256 g/mol. The number of nitro groups is 1. The van der Waals surface area contributed by atoms with Crippen LogP contribution in [0.3, 0.4) is 0 Å². The predicted octanol–water partition coefficient (Wildman–Crippen LogP) is 1.95. The third-order valence-electron chi connectivity index (χ3n) is 2.32. The number of anilines is 1. The number of unbranched alkanes of at least 4 members (excludes halogenated alkanes) is 1. The van der Waals surface area contributed by atoms with E-state index in [1.807, 2.05) is 13.8 Å². The molecule has 0 amide bonds. The van der Waals surface area contributed by atoms with Crippen molar-refractivity contribution in [2.45, 2.75) is 32.8 Å². The second kappa shape index (κ2) is 6.95. The van der Waals surface area contributed by atoms with Crippen LogP contribution in [0.4, 0.5) is 11.5 Å². The summed E-state index contributed by atoms with van der Waals surface area (Å²) in [5, 5.41) is 17.7. The number of nitrogens with one attached hydrogen (secondary N) is 1. The van der Waals surface area contributed by atoms with E-state index in [1.54, 1.807) is 7.05 Å². The van der Waals surface area contributed by atoms with E-state index in [0.717, 1.165) is 12.8 Å². The van der Waals surface area contributed by atoms with Gasteiger partial charge in [0.25, 0.3) is 0 Å². The molecule has 0 saturated heterocycles. The molecule has 7 nitrogen and oxygen atoms in total. The van der Waals surface area contributed by atoms with E-state index in [4.69, 9.17) is 4.74 Å². The zero-order valence-electron chi connectivity index (χ0n) is 11.0. The summed E-state index contributed by atoms with van der Waals surface area (Å²) in [4.78, 5) is 10.3. The summed E-state index contributed by atoms with van der Waals surface area (Å²) in [7, 11) is 1.66. The van der Waals surface area contributed by atoms with Crippen molar-refractivity contribution in [1.29, 1.82) is 0 Å². The third-order valence-corrected chi connectivity index (χ3v) is 2.32. The minimum atomic E-state index is -0.433. The maximum absolute atomic E-state index is 10.7. The average Bonchev–Trinajstić information content (AvgIpc) is 2.64. The van der Waals surface area contributed by atoms with E-state index >= 15 is 0 Å². The van der Waals surface area contributed by atoms with E-state index < -0.39 is 4.92 Å². The maximum Gasteiger partial charge on any atom is 0.330 e. The molecule has 0 aromatic carbocycles.